The number of para-hydroxylation sites is 2. The molecule has 1 aliphatic heterocycles. The molecular formula is C19H18N4O. The number of rotatable bonds is 2. The van der Waals surface area contributed by atoms with Crippen LogP contribution >= 0.6 is 0 Å². The van der Waals surface area contributed by atoms with Crippen molar-refractivity contribution < 1.29 is 4.79 Å². The molecule has 1 aromatic heterocycles. The van der Waals surface area contributed by atoms with E-state index in [-0.39, 0.29) is 5.91 Å². The highest BCUT2D eigenvalue weighted by molar-refractivity contribution is 6.04. The molecule has 0 N–H and O–H groups in total. The molecule has 0 bridgehead atoms. The van der Waals surface area contributed by atoms with Crippen LogP contribution < -0.4 is 4.90 Å². The fourth-order valence-corrected chi connectivity index (χ4v) is 3.14. The number of anilines is 1. The molecule has 5 heteroatoms. The molecule has 1 aliphatic rings. The van der Waals surface area contributed by atoms with Gasteiger partial charge in [0.2, 0.25) is 0 Å². The molecule has 2 heterocycles. The number of nitrogens with zero attached hydrogens (tertiary/aromatic N) is 4. The van der Waals surface area contributed by atoms with Crippen LogP contribution in [0.25, 0.3) is 11.0 Å². The number of hydrogen-bond acceptors (Lipinski definition) is 4. The highest BCUT2D eigenvalue weighted by Gasteiger charge is 2.23. The average molecular weight is 318 g/mol. The Bertz CT molecular complexity index is 852. The van der Waals surface area contributed by atoms with Crippen LogP contribution in [0, 0.1) is 0 Å². The summed E-state index contributed by atoms with van der Waals surface area (Å²) in [4.78, 5) is 25.7. The zero-order valence-electron chi connectivity index (χ0n) is 13.3. The minimum atomic E-state index is 0.0359. The van der Waals surface area contributed by atoms with Crippen molar-refractivity contribution in [3.8, 4) is 0 Å². The van der Waals surface area contributed by atoms with Crippen LogP contribution in [-0.2, 0) is 0 Å². The molecule has 120 valence electrons. The Morgan fingerprint density at radius 3 is 2.38 bits per heavy atom. The van der Waals surface area contributed by atoms with Crippen molar-refractivity contribution in [1.29, 1.82) is 0 Å². The summed E-state index contributed by atoms with van der Waals surface area (Å²) in [5.41, 5.74) is 3.27. The van der Waals surface area contributed by atoms with Gasteiger partial charge < -0.3 is 9.80 Å². The number of hydrogen-bond donors (Lipinski definition) is 0. The first-order chi connectivity index (χ1) is 11.8. The van der Waals surface area contributed by atoms with E-state index in [0.29, 0.717) is 24.2 Å². The van der Waals surface area contributed by atoms with Gasteiger partial charge in [0.15, 0.2) is 0 Å². The predicted molar refractivity (Wildman–Crippen MR) is 94.1 cm³/mol. The highest BCUT2D eigenvalue weighted by Crippen LogP contribution is 2.19. The third-order valence-corrected chi connectivity index (χ3v) is 4.42. The van der Waals surface area contributed by atoms with E-state index in [1.165, 1.54) is 5.69 Å². The maximum Gasteiger partial charge on any atom is 0.256 e. The molecule has 24 heavy (non-hydrogen) atoms. The normalized spacial score (nSPS) is 14.8. The van der Waals surface area contributed by atoms with Gasteiger partial charge in [0.1, 0.15) is 5.52 Å². The van der Waals surface area contributed by atoms with Gasteiger partial charge in [0.25, 0.3) is 5.91 Å². The summed E-state index contributed by atoms with van der Waals surface area (Å²) in [5, 5.41) is 0. The molecular weight excluding hydrogens is 300 g/mol. The molecule has 2 aromatic carbocycles. The van der Waals surface area contributed by atoms with Crippen molar-refractivity contribution in [2.45, 2.75) is 0 Å². The van der Waals surface area contributed by atoms with Gasteiger partial charge in [-0.15, -0.1) is 0 Å². The highest BCUT2D eigenvalue weighted by atomic mass is 16.2. The lowest BCUT2D eigenvalue weighted by Crippen LogP contribution is -2.48. The average Bonchev–Trinajstić information content (AvgIpc) is 2.68. The second kappa shape index (κ2) is 6.28. The third-order valence-electron chi connectivity index (χ3n) is 4.42. The van der Waals surface area contributed by atoms with Crippen LogP contribution in [0.2, 0.25) is 0 Å². The number of piperazine rings is 1. The van der Waals surface area contributed by atoms with Gasteiger partial charge in [-0.1, -0.05) is 24.3 Å². The Hall–Kier alpha value is -2.95. The fourth-order valence-electron chi connectivity index (χ4n) is 3.14. The molecule has 0 radical (unpaired) electrons. The smallest absolute Gasteiger partial charge is 0.256 e. The summed E-state index contributed by atoms with van der Waals surface area (Å²) in [6.07, 6.45) is 3.28. The molecule has 5 nitrogen and oxygen atoms in total. The van der Waals surface area contributed by atoms with E-state index < -0.39 is 0 Å². The lowest BCUT2D eigenvalue weighted by atomic mass is 10.1. The minimum Gasteiger partial charge on any atom is -0.368 e. The van der Waals surface area contributed by atoms with Crippen LogP contribution in [0.15, 0.2) is 60.9 Å². The monoisotopic (exact) mass is 318 g/mol. The number of carbonyl (C=O) groups is 1. The quantitative estimate of drug-likeness (QED) is 0.729. The molecule has 1 amide bonds. The Morgan fingerprint density at radius 1 is 0.833 bits per heavy atom. The summed E-state index contributed by atoms with van der Waals surface area (Å²) in [5.74, 6) is 0.0359. The summed E-state index contributed by atoms with van der Waals surface area (Å²) >= 11 is 0. The molecule has 0 saturated carbocycles. The Kier molecular flexibility index (Phi) is 3.83. The molecule has 3 aromatic rings. The number of carbonyl (C=O) groups excluding carboxylic acids is 1. The molecule has 4 rings (SSSR count). The number of amides is 1. The molecule has 0 atom stereocenters. The number of fused-ring (bicyclic) bond motifs is 1. The first-order valence-electron chi connectivity index (χ1n) is 8.12. The Balaban J connectivity index is 1.52. The van der Waals surface area contributed by atoms with Crippen molar-refractivity contribution in [2.24, 2.45) is 0 Å². The molecule has 0 unspecified atom stereocenters. The maximum atomic E-state index is 12.9. The standard InChI is InChI=1S/C19H18N4O/c24-19(16-7-4-8-17-18(16)21-10-9-20-17)23-13-11-22(12-14-23)15-5-2-1-3-6-15/h1-10H,11-14H2. The van der Waals surface area contributed by atoms with Crippen LogP contribution in [0.3, 0.4) is 0 Å². The summed E-state index contributed by atoms with van der Waals surface area (Å²) in [6.45, 7) is 3.10. The van der Waals surface area contributed by atoms with E-state index in [1.807, 2.05) is 41.3 Å². The SMILES string of the molecule is O=C(c1cccc2nccnc12)N1CCN(c2ccccc2)CC1. The van der Waals surface area contributed by atoms with Gasteiger partial charge in [-0.3, -0.25) is 14.8 Å². The first kappa shape index (κ1) is 14.6. The summed E-state index contributed by atoms with van der Waals surface area (Å²) in [6, 6.07) is 15.9. The second-order valence-electron chi connectivity index (χ2n) is 5.84. The zero-order valence-corrected chi connectivity index (χ0v) is 13.3. The molecule has 0 spiro atoms. The van der Waals surface area contributed by atoms with Gasteiger partial charge >= 0.3 is 0 Å². The van der Waals surface area contributed by atoms with Crippen LogP contribution in [0.4, 0.5) is 5.69 Å². The fraction of sp³-hybridized carbons (Fsp3) is 0.211. The molecule has 1 fully saturated rings. The van der Waals surface area contributed by atoms with E-state index in [0.717, 1.165) is 18.6 Å². The minimum absolute atomic E-state index is 0.0359. The van der Waals surface area contributed by atoms with Gasteiger partial charge in [-0.25, -0.2) is 0 Å². The number of benzene rings is 2. The van der Waals surface area contributed by atoms with Gasteiger partial charge in [-0.05, 0) is 24.3 Å². The van der Waals surface area contributed by atoms with Gasteiger partial charge in [-0.2, -0.15) is 0 Å². The van der Waals surface area contributed by atoms with E-state index >= 15 is 0 Å². The lowest BCUT2D eigenvalue weighted by molar-refractivity contribution is 0.0748. The zero-order chi connectivity index (χ0) is 16.4. The predicted octanol–water partition coefficient (Wildman–Crippen LogP) is 2.59. The van der Waals surface area contributed by atoms with E-state index in [1.54, 1.807) is 12.4 Å². The van der Waals surface area contributed by atoms with E-state index in [9.17, 15) is 4.79 Å². The number of aromatic nitrogens is 2. The Morgan fingerprint density at radius 2 is 1.58 bits per heavy atom. The lowest BCUT2D eigenvalue weighted by Gasteiger charge is -2.36. The van der Waals surface area contributed by atoms with Gasteiger partial charge in [0, 0.05) is 44.3 Å². The largest absolute Gasteiger partial charge is 0.368 e. The first-order valence-corrected chi connectivity index (χ1v) is 8.12. The Labute approximate surface area is 140 Å². The van der Waals surface area contributed by atoms with Gasteiger partial charge in [0.05, 0.1) is 11.1 Å². The van der Waals surface area contributed by atoms with Crippen molar-refractivity contribution >= 4 is 22.6 Å². The summed E-state index contributed by atoms with van der Waals surface area (Å²) in [7, 11) is 0. The van der Waals surface area contributed by atoms with Crippen LogP contribution in [0.5, 0.6) is 0 Å². The van der Waals surface area contributed by atoms with Crippen molar-refractivity contribution in [3.63, 3.8) is 0 Å². The third kappa shape index (κ3) is 2.69. The van der Waals surface area contributed by atoms with E-state index in [4.69, 9.17) is 0 Å². The molecule has 0 aliphatic carbocycles. The molecule has 1 saturated heterocycles. The van der Waals surface area contributed by atoms with Crippen molar-refractivity contribution in [1.82, 2.24) is 14.9 Å². The topological polar surface area (TPSA) is 49.3 Å². The van der Waals surface area contributed by atoms with Crippen LogP contribution in [-0.4, -0.2) is 47.0 Å². The van der Waals surface area contributed by atoms with Crippen LogP contribution in [0.1, 0.15) is 10.4 Å². The van der Waals surface area contributed by atoms with E-state index in [2.05, 4.69) is 27.0 Å². The summed E-state index contributed by atoms with van der Waals surface area (Å²) < 4.78 is 0. The second-order valence-corrected chi connectivity index (χ2v) is 5.84. The van der Waals surface area contributed by atoms with Crippen molar-refractivity contribution in [3.05, 3.63) is 66.5 Å². The van der Waals surface area contributed by atoms with Crippen molar-refractivity contribution in [2.75, 3.05) is 31.1 Å². The maximum absolute atomic E-state index is 12.9.